The molecule has 4 nitrogen and oxygen atoms in total. The second kappa shape index (κ2) is 7.28. The Hall–Kier alpha value is -2.13. The fourth-order valence-corrected chi connectivity index (χ4v) is 4.22. The van der Waals surface area contributed by atoms with Crippen molar-refractivity contribution in [2.45, 2.75) is 18.5 Å². The van der Waals surface area contributed by atoms with Gasteiger partial charge in [0.25, 0.3) is 5.91 Å². The van der Waals surface area contributed by atoms with Crippen molar-refractivity contribution in [1.29, 1.82) is 0 Å². The van der Waals surface area contributed by atoms with Crippen molar-refractivity contribution in [1.82, 2.24) is 14.3 Å². The van der Waals surface area contributed by atoms with Gasteiger partial charge in [-0.15, -0.1) is 0 Å². The topological polar surface area (TPSA) is 37.6 Å². The Balaban J connectivity index is 1.66. The van der Waals surface area contributed by atoms with Crippen LogP contribution in [0.1, 0.15) is 34.0 Å². The highest BCUT2D eigenvalue weighted by Gasteiger charge is 2.37. The molecular formula is C19H13BrClF4N3O. The molecule has 0 aliphatic carbocycles. The Labute approximate surface area is 176 Å². The van der Waals surface area contributed by atoms with Crippen LogP contribution in [0.15, 0.2) is 41.0 Å². The predicted octanol–water partition coefficient (Wildman–Crippen LogP) is 5.54. The number of fused-ring (bicyclic) bond motifs is 1. The summed E-state index contributed by atoms with van der Waals surface area (Å²) in [6.07, 6.45) is -2.66. The Bertz CT molecular complexity index is 1100. The molecule has 0 bridgehead atoms. The molecule has 0 spiro atoms. The number of rotatable bonds is 2. The molecule has 1 saturated heterocycles. The van der Waals surface area contributed by atoms with Gasteiger partial charge in [0.1, 0.15) is 11.0 Å². The summed E-state index contributed by atoms with van der Waals surface area (Å²) in [6, 6.07) is 6.94. The van der Waals surface area contributed by atoms with E-state index in [2.05, 4.69) is 20.9 Å². The Morgan fingerprint density at radius 2 is 1.93 bits per heavy atom. The molecule has 0 radical (unpaired) electrons. The Kier molecular flexibility index (Phi) is 5.06. The first-order valence-corrected chi connectivity index (χ1v) is 9.81. The van der Waals surface area contributed by atoms with Gasteiger partial charge in [0.2, 0.25) is 0 Å². The lowest BCUT2D eigenvalue weighted by atomic mass is 9.99. The molecule has 0 N–H and O–H groups in total. The van der Waals surface area contributed by atoms with E-state index in [-0.39, 0.29) is 27.1 Å². The molecule has 4 rings (SSSR count). The van der Waals surface area contributed by atoms with Crippen molar-refractivity contribution in [2.75, 3.05) is 13.1 Å². The van der Waals surface area contributed by atoms with E-state index in [1.54, 1.807) is 12.1 Å². The molecule has 1 aliphatic rings. The van der Waals surface area contributed by atoms with Gasteiger partial charge in [-0.3, -0.25) is 9.20 Å². The van der Waals surface area contributed by atoms with Crippen molar-refractivity contribution in [2.24, 2.45) is 0 Å². The number of carbonyl (C=O) groups excluding carboxylic acids is 1. The van der Waals surface area contributed by atoms with Crippen molar-refractivity contribution < 1.29 is 22.4 Å². The molecule has 152 valence electrons. The lowest BCUT2D eigenvalue weighted by molar-refractivity contribution is -0.136. The van der Waals surface area contributed by atoms with E-state index in [1.807, 2.05) is 0 Å². The molecule has 1 aromatic carbocycles. The third-order valence-corrected chi connectivity index (χ3v) is 5.75. The first kappa shape index (κ1) is 20.2. The highest BCUT2D eigenvalue weighted by molar-refractivity contribution is 9.10. The third kappa shape index (κ3) is 3.73. The molecule has 2 aromatic heterocycles. The predicted molar refractivity (Wildman–Crippen MR) is 103 cm³/mol. The van der Waals surface area contributed by atoms with Crippen LogP contribution in [0, 0.1) is 5.82 Å². The normalized spacial score (nSPS) is 17.3. The smallest absolute Gasteiger partial charge is 0.337 e. The van der Waals surface area contributed by atoms with Gasteiger partial charge < -0.3 is 4.90 Å². The fraction of sp³-hybridized carbons (Fsp3) is 0.263. The monoisotopic (exact) mass is 489 g/mol. The van der Waals surface area contributed by atoms with E-state index in [0.717, 1.165) is 16.0 Å². The van der Waals surface area contributed by atoms with Crippen LogP contribution in [-0.4, -0.2) is 33.3 Å². The summed E-state index contributed by atoms with van der Waals surface area (Å²) < 4.78 is 54.4. The van der Waals surface area contributed by atoms with Crippen LogP contribution in [0.25, 0.3) is 5.65 Å². The van der Waals surface area contributed by atoms with Gasteiger partial charge in [0.15, 0.2) is 11.3 Å². The van der Waals surface area contributed by atoms with Gasteiger partial charge in [-0.25, -0.2) is 9.37 Å². The van der Waals surface area contributed by atoms with E-state index < -0.39 is 23.3 Å². The van der Waals surface area contributed by atoms with Crippen molar-refractivity contribution >= 4 is 39.1 Å². The van der Waals surface area contributed by atoms with E-state index in [9.17, 15) is 22.4 Å². The highest BCUT2D eigenvalue weighted by Crippen LogP contribution is 2.36. The number of nitrogens with zero attached hydrogens (tertiary/aromatic N) is 3. The summed E-state index contributed by atoms with van der Waals surface area (Å²) >= 11 is 9.25. The lowest BCUT2D eigenvalue weighted by Gasteiger charge is -2.15. The number of imidazole rings is 1. The van der Waals surface area contributed by atoms with Crippen molar-refractivity contribution in [3.05, 3.63) is 68.8 Å². The van der Waals surface area contributed by atoms with E-state index in [0.29, 0.717) is 19.5 Å². The average molecular weight is 491 g/mol. The number of carbonyl (C=O) groups is 1. The zero-order valence-electron chi connectivity index (χ0n) is 14.7. The number of alkyl halides is 3. The maximum Gasteiger partial charge on any atom is 0.420 e. The second-order valence-electron chi connectivity index (χ2n) is 6.80. The Morgan fingerprint density at radius 3 is 2.59 bits per heavy atom. The van der Waals surface area contributed by atoms with Gasteiger partial charge in [-0.1, -0.05) is 23.7 Å². The molecule has 0 saturated carbocycles. The number of halogens is 6. The number of hydrogen-bond acceptors (Lipinski definition) is 2. The molecule has 1 fully saturated rings. The molecule has 1 atom stereocenters. The van der Waals surface area contributed by atoms with Crippen molar-refractivity contribution in [3.63, 3.8) is 0 Å². The summed E-state index contributed by atoms with van der Waals surface area (Å²) in [6.45, 7) is 0.755. The Morgan fingerprint density at radius 1 is 1.24 bits per heavy atom. The molecular weight excluding hydrogens is 478 g/mol. The van der Waals surface area contributed by atoms with Crippen LogP contribution in [-0.2, 0) is 6.18 Å². The quantitative estimate of drug-likeness (QED) is 0.443. The summed E-state index contributed by atoms with van der Waals surface area (Å²) in [5, 5.41) is -0.179. The minimum absolute atomic E-state index is 0.00948. The zero-order chi connectivity index (χ0) is 20.9. The molecule has 10 heteroatoms. The number of pyridine rings is 1. The standard InChI is InChI=1S/C19H13BrClF4N3O/c20-12-7-14(19(23,24)25)17-26-15(16(21)28(17)9-12)18(29)27-6-5-11(8-27)10-1-3-13(22)4-2-10/h1-4,7,9,11H,5-6,8H2. The number of likely N-dealkylation sites (tertiary alicyclic amines) is 1. The molecule has 1 unspecified atom stereocenters. The van der Waals surface area contributed by atoms with Gasteiger partial charge in [0, 0.05) is 29.7 Å². The summed E-state index contributed by atoms with van der Waals surface area (Å²) in [5.41, 5.74) is -0.747. The maximum atomic E-state index is 13.4. The first-order chi connectivity index (χ1) is 13.6. The van der Waals surface area contributed by atoms with Crippen LogP contribution in [0.4, 0.5) is 17.6 Å². The molecule has 3 heterocycles. The summed E-state index contributed by atoms with van der Waals surface area (Å²) in [7, 11) is 0. The first-order valence-electron chi connectivity index (χ1n) is 8.64. The molecule has 29 heavy (non-hydrogen) atoms. The molecule has 1 aliphatic heterocycles. The van der Waals surface area contributed by atoms with Crippen LogP contribution in [0.3, 0.4) is 0 Å². The molecule has 1 amide bonds. The second-order valence-corrected chi connectivity index (χ2v) is 8.08. The lowest BCUT2D eigenvalue weighted by Crippen LogP contribution is -2.29. The van der Waals surface area contributed by atoms with Crippen molar-refractivity contribution in [3.8, 4) is 0 Å². The summed E-state index contributed by atoms with van der Waals surface area (Å²) in [4.78, 5) is 18.4. The van der Waals surface area contributed by atoms with Gasteiger partial charge >= 0.3 is 6.18 Å². The summed E-state index contributed by atoms with van der Waals surface area (Å²) in [5.74, 6) is -0.870. The zero-order valence-corrected chi connectivity index (χ0v) is 17.0. The van der Waals surface area contributed by atoms with E-state index >= 15 is 0 Å². The fourth-order valence-electron chi connectivity index (χ4n) is 3.53. The third-order valence-electron chi connectivity index (χ3n) is 4.95. The average Bonchev–Trinajstić information content (AvgIpc) is 3.26. The van der Waals surface area contributed by atoms with Crippen LogP contribution in [0.2, 0.25) is 5.15 Å². The van der Waals surface area contributed by atoms with Gasteiger partial charge in [-0.2, -0.15) is 13.2 Å². The number of amides is 1. The minimum atomic E-state index is -4.65. The number of benzene rings is 1. The highest BCUT2D eigenvalue weighted by atomic mass is 79.9. The van der Waals surface area contributed by atoms with Gasteiger partial charge in [0.05, 0.1) is 5.56 Å². The van der Waals surface area contributed by atoms with Crippen LogP contribution < -0.4 is 0 Å². The maximum absolute atomic E-state index is 13.4. The SMILES string of the molecule is O=C(c1nc2c(C(F)(F)F)cc(Br)cn2c1Cl)N1CCC(c2ccc(F)cc2)C1. The number of hydrogen-bond donors (Lipinski definition) is 0. The van der Waals surface area contributed by atoms with Crippen LogP contribution >= 0.6 is 27.5 Å². The minimum Gasteiger partial charge on any atom is -0.337 e. The molecule has 3 aromatic rings. The van der Waals surface area contributed by atoms with E-state index in [1.165, 1.54) is 23.2 Å². The van der Waals surface area contributed by atoms with Crippen LogP contribution in [0.5, 0.6) is 0 Å². The van der Waals surface area contributed by atoms with Gasteiger partial charge in [-0.05, 0) is 46.1 Å². The number of aromatic nitrogens is 2. The largest absolute Gasteiger partial charge is 0.420 e. The van der Waals surface area contributed by atoms with E-state index in [4.69, 9.17) is 11.6 Å².